The van der Waals surface area contributed by atoms with Crippen LogP contribution in [0, 0.1) is 0 Å². The van der Waals surface area contributed by atoms with Gasteiger partial charge in [0.1, 0.15) is 13.2 Å². The zero-order chi connectivity index (χ0) is 13.1. The molecule has 3 rings (SSSR count). The van der Waals surface area contributed by atoms with E-state index in [2.05, 4.69) is 36.1 Å². The second-order valence-corrected chi connectivity index (χ2v) is 6.40. The molecule has 1 atom stereocenters. The van der Waals surface area contributed by atoms with Gasteiger partial charge in [0.15, 0.2) is 11.5 Å². The Morgan fingerprint density at radius 3 is 2.68 bits per heavy atom. The predicted octanol–water partition coefficient (Wildman–Crippen LogP) is 3.00. The summed E-state index contributed by atoms with van der Waals surface area (Å²) in [5.74, 6) is 4.32. The number of benzene rings is 1. The third kappa shape index (κ3) is 3.18. The summed E-state index contributed by atoms with van der Waals surface area (Å²) in [6.07, 6.45) is 2.55. The van der Waals surface area contributed by atoms with E-state index in [1.807, 2.05) is 6.07 Å². The van der Waals surface area contributed by atoms with E-state index in [1.165, 1.54) is 29.9 Å². The normalized spacial score (nSPS) is 21.1. The van der Waals surface area contributed by atoms with Crippen LogP contribution >= 0.6 is 11.8 Å². The molecule has 1 aromatic carbocycles. The van der Waals surface area contributed by atoms with Crippen LogP contribution < -0.4 is 14.8 Å². The molecule has 0 aromatic heterocycles. The van der Waals surface area contributed by atoms with Crippen molar-refractivity contribution in [3.8, 4) is 11.5 Å². The Labute approximate surface area is 119 Å². The summed E-state index contributed by atoms with van der Waals surface area (Å²) in [4.78, 5) is 0. The topological polar surface area (TPSA) is 30.5 Å². The van der Waals surface area contributed by atoms with Crippen molar-refractivity contribution in [1.29, 1.82) is 0 Å². The van der Waals surface area contributed by atoms with Gasteiger partial charge in [-0.05, 0) is 49.0 Å². The van der Waals surface area contributed by atoms with Crippen molar-refractivity contribution in [3.63, 3.8) is 0 Å². The molecule has 0 bridgehead atoms. The molecule has 0 saturated carbocycles. The first-order valence-electron chi connectivity index (χ1n) is 7.06. The molecule has 0 aliphatic carbocycles. The van der Waals surface area contributed by atoms with Gasteiger partial charge in [-0.25, -0.2) is 0 Å². The van der Waals surface area contributed by atoms with Gasteiger partial charge in [0.2, 0.25) is 0 Å². The maximum atomic E-state index is 5.65. The minimum Gasteiger partial charge on any atom is -0.486 e. The van der Waals surface area contributed by atoms with E-state index >= 15 is 0 Å². The Hall–Kier alpha value is -0.870. The molecule has 2 aliphatic heterocycles. The van der Waals surface area contributed by atoms with Gasteiger partial charge in [-0.15, -0.1) is 0 Å². The standard InChI is InChI=1S/C15H21NO2S/c1-11(16-13-4-8-19-9-5-13)12-2-3-14-15(10-12)18-7-6-17-14/h2-3,10-11,13,16H,4-9H2,1H3. The summed E-state index contributed by atoms with van der Waals surface area (Å²) < 4.78 is 11.2. The second kappa shape index (κ2) is 6.06. The first kappa shape index (κ1) is 13.1. The van der Waals surface area contributed by atoms with Crippen molar-refractivity contribution in [3.05, 3.63) is 23.8 Å². The summed E-state index contributed by atoms with van der Waals surface area (Å²) in [5, 5.41) is 3.73. The SMILES string of the molecule is CC(NC1CCSCC1)c1ccc2c(c1)OCCO2. The van der Waals surface area contributed by atoms with Crippen molar-refractivity contribution >= 4 is 11.8 Å². The maximum Gasteiger partial charge on any atom is 0.161 e. The zero-order valence-corrected chi connectivity index (χ0v) is 12.2. The maximum absolute atomic E-state index is 5.65. The summed E-state index contributed by atoms with van der Waals surface area (Å²) in [5.41, 5.74) is 1.28. The molecule has 1 N–H and O–H groups in total. The smallest absolute Gasteiger partial charge is 0.161 e. The summed E-state index contributed by atoms with van der Waals surface area (Å²) >= 11 is 2.06. The van der Waals surface area contributed by atoms with Crippen LogP contribution in [0.1, 0.15) is 31.4 Å². The molecule has 0 amide bonds. The minimum absolute atomic E-state index is 0.365. The lowest BCUT2D eigenvalue weighted by atomic mass is 10.0. The first-order valence-corrected chi connectivity index (χ1v) is 8.22. The summed E-state index contributed by atoms with van der Waals surface area (Å²) in [6, 6.07) is 7.30. The molecule has 104 valence electrons. The fourth-order valence-corrected chi connectivity index (χ4v) is 3.75. The molecule has 0 spiro atoms. The largest absolute Gasteiger partial charge is 0.486 e. The lowest BCUT2D eigenvalue weighted by molar-refractivity contribution is 0.171. The number of hydrogen-bond donors (Lipinski definition) is 1. The van der Waals surface area contributed by atoms with Crippen molar-refractivity contribution in [1.82, 2.24) is 5.32 Å². The van der Waals surface area contributed by atoms with Gasteiger partial charge in [0.05, 0.1) is 0 Å². The molecule has 1 unspecified atom stereocenters. The Kier molecular flexibility index (Phi) is 4.18. The number of thioether (sulfide) groups is 1. The fraction of sp³-hybridized carbons (Fsp3) is 0.600. The van der Waals surface area contributed by atoms with Crippen LogP contribution in [-0.4, -0.2) is 30.8 Å². The number of ether oxygens (including phenoxy) is 2. The molecule has 0 radical (unpaired) electrons. The van der Waals surface area contributed by atoms with E-state index < -0.39 is 0 Å². The molecular formula is C15H21NO2S. The van der Waals surface area contributed by atoms with Crippen LogP contribution in [0.15, 0.2) is 18.2 Å². The average molecular weight is 279 g/mol. The Bertz CT molecular complexity index is 432. The molecule has 1 fully saturated rings. The third-order valence-corrected chi connectivity index (χ3v) is 4.82. The van der Waals surface area contributed by atoms with Gasteiger partial charge in [0, 0.05) is 12.1 Å². The lowest BCUT2D eigenvalue weighted by Crippen LogP contribution is -2.34. The quantitative estimate of drug-likeness (QED) is 0.921. The van der Waals surface area contributed by atoms with Gasteiger partial charge in [-0.3, -0.25) is 0 Å². The molecule has 2 aliphatic rings. The van der Waals surface area contributed by atoms with Crippen LogP contribution in [0.25, 0.3) is 0 Å². The van der Waals surface area contributed by atoms with Gasteiger partial charge < -0.3 is 14.8 Å². The Morgan fingerprint density at radius 2 is 1.89 bits per heavy atom. The fourth-order valence-electron chi connectivity index (χ4n) is 2.64. The lowest BCUT2D eigenvalue weighted by Gasteiger charge is -2.27. The number of hydrogen-bond acceptors (Lipinski definition) is 4. The van der Waals surface area contributed by atoms with E-state index in [1.54, 1.807) is 0 Å². The molecule has 1 aromatic rings. The monoisotopic (exact) mass is 279 g/mol. The highest BCUT2D eigenvalue weighted by atomic mass is 32.2. The van der Waals surface area contributed by atoms with Crippen LogP contribution in [0.5, 0.6) is 11.5 Å². The van der Waals surface area contributed by atoms with Crippen molar-refractivity contribution in [2.24, 2.45) is 0 Å². The van der Waals surface area contributed by atoms with Crippen LogP contribution in [0.2, 0.25) is 0 Å². The van der Waals surface area contributed by atoms with Crippen molar-refractivity contribution in [2.45, 2.75) is 31.8 Å². The Balaban J connectivity index is 1.67. The van der Waals surface area contributed by atoms with Crippen LogP contribution in [0.4, 0.5) is 0 Å². The van der Waals surface area contributed by atoms with E-state index in [0.717, 1.165) is 11.5 Å². The number of fused-ring (bicyclic) bond motifs is 1. The summed E-state index contributed by atoms with van der Waals surface area (Å²) in [6.45, 7) is 3.53. The van der Waals surface area contributed by atoms with E-state index in [-0.39, 0.29) is 0 Å². The summed E-state index contributed by atoms with van der Waals surface area (Å²) in [7, 11) is 0. The van der Waals surface area contributed by atoms with Gasteiger partial charge >= 0.3 is 0 Å². The molecule has 4 heteroatoms. The molecule has 1 saturated heterocycles. The molecule has 19 heavy (non-hydrogen) atoms. The number of rotatable bonds is 3. The molecular weight excluding hydrogens is 258 g/mol. The average Bonchev–Trinajstić information content (AvgIpc) is 2.48. The Morgan fingerprint density at radius 1 is 1.16 bits per heavy atom. The van der Waals surface area contributed by atoms with E-state index in [9.17, 15) is 0 Å². The van der Waals surface area contributed by atoms with E-state index in [0.29, 0.717) is 25.3 Å². The zero-order valence-electron chi connectivity index (χ0n) is 11.4. The van der Waals surface area contributed by atoms with Crippen molar-refractivity contribution < 1.29 is 9.47 Å². The van der Waals surface area contributed by atoms with Gasteiger partial charge in [-0.1, -0.05) is 6.07 Å². The minimum atomic E-state index is 0.365. The predicted molar refractivity (Wildman–Crippen MR) is 79.3 cm³/mol. The molecule has 2 heterocycles. The van der Waals surface area contributed by atoms with Crippen molar-refractivity contribution in [2.75, 3.05) is 24.7 Å². The highest BCUT2D eigenvalue weighted by Gasteiger charge is 2.18. The second-order valence-electron chi connectivity index (χ2n) is 5.18. The molecule has 3 nitrogen and oxygen atoms in total. The van der Waals surface area contributed by atoms with Gasteiger partial charge in [0.25, 0.3) is 0 Å². The van der Waals surface area contributed by atoms with Crippen LogP contribution in [0.3, 0.4) is 0 Å². The van der Waals surface area contributed by atoms with E-state index in [4.69, 9.17) is 9.47 Å². The highest BCUT2D eigenvalue weighted by Crippen LogP contribution is 2.33. The third-order valence-electron chi connectivity index (χ3n) is 3.77. The highest BCUT2D eigenvalue weighted by molar-refractivity contribution is 7.99. The number of nitrogens with one attached hydrogen (secondary N) is 1. The van der Waals surface area contributed by atoms with Gasteiger partial charge in [-0.2, -0.15) is 11.8 Å². The first-order chi connectivity index (χ1) is 9.33. The van der Waals surface area contributed by atoms with Crippen LogP contribution in [-0.2, 0) is 0 Å².